The zero-order valence-electron chi connectivity index (χ0n) is 17.1. The third-order valence-corrected chi connectivity index (χ3v) is 5.50. The van der Waals surface area contributed by atoms with Crippen LogP contribution in [0, 0.1) is 0 Å². The monoisotopic (exact) mass is 408 g/mol. The zero-order valence-corrected chi connectivity index (χ0v) is 17.1. The van der Waals surface area contributed by atoms with Crippen LogP contribution in [0.15, 0.2) is 99.3 Å². The second-order valence-corrected chi connectivity index (χ2v) is 7.32. The van der Waals surface area contributed by atoms with E-state index in [0.717, 1.165) is 44.3 Å². The van der Waals surface area contributed by atoms with Crippen molar-refractivity contribution in [1.82, 2.24) is 0 Å². The lowest BCUT2D eigenvalue weighted by atomic mass is 9.95. The summed E-state index contributed by atoms with van der Waals surface area (Å²) in [4.78, 5) is 12.4. The van der Waals surface area contributed by atoms with Crippen molar-refractivity contribution in [3.63, 3.8) is 0 Å². The highest BCUT2D eigenvalue weighted by molar-refractivity contribution is 6.08. The Morgan fingerprint density at radius 2 is 1.61 bits per heavy atom. The number of hydrogen-bond acceptors (Lipinski definition) is 4. The van der Waals surface area contributed by atoms with Gasteiger partial charge in [-0.25, -0.2) is 4.79 Å². The predicted octanol–water partition coefficient (Wildman–Crippen LogP) is 6.61. The Labute approximate surface area is 179 Å². The minimum atomic E-state index is -0.391. The van der Waals surface area contributed by atoms with E-state index < -0.39 is 5.63 Å². The second-order valence-electron chi connectivity index (χ2n) is 7.32. The summed E-state index contributed by atoms with van der Waals surface area (Å²) < 4.78 is 17.0. The minimum absolute atomic E-state index is 0.391. The fraction of sp³-hybridized carbons (Fsp3) is 0.0741. The van der Waals surface area contributed by atoms with Crippen molar-refractivity contribution in [1.29, 1.82) is 0 Å². The number of allylic oxidation sites excluding steroid dienone is 1. The van der Waals surface area contributed by atoms with E-state index in [1.165, 1.54) is 0 Å². The lowest BCUT2D eigenvalue weighted by Crippen LogP contribution is -2.00. The summed E-state index contributed by atoms with van der Waals surface area (Å²) in [5.41, 5.74) is 5.44. The van der Waals surface area contributed by atoms with Crippen molar-refractivity contribution in [2.24, 2.45) is 0 Å². The molecule has 152 valence electrons. The molecule has 0 aliphatic carbocycles. The summed E-state index contributed by atoms with van der Waals surface area (Å²) in [6, 6.07) is 21.3. The first-order valence-corrected chi connectivity index (χ1v) is 10.0. The Hall–Kier alpha value is -4.05. The standard InChI is InChI=1S/C27H20O4/c1-3-7-20-26-23(24(16-30-26)18-10-12-19(29-2)13-11-18)14-22-21(15-25(28)31-27(20)22)17-8-5-4-6-9-17/h3-6,8-16H,1,7H2,2H3. The minimum Gasteiger partial charge on any atom is -0.497 e. The Bertz CT molecular complexity index is 1460. The Balaban J connectivity index is 1.86. The zero-order chi connectivity index (χ0) is 21.4. The first-order valence-electron chi connectivity index (χ1n) is 10.0. The Morgan fingerprint density at radius 3 is 2.32 bits per heavy atom. The van der Waals surface area contributed by atoms with Gasteiger partial charge in [-0.05, 0) is 41.3 Å². The first-order chi connectivity index (χ1) is 15.2. The lowest BCUT2D eigenvalue weighted by molar-refractivity contribution is 0.415. The lowest BCUT2D eigenvalue weighted by Gasteiger charge is -2.10. The van der Waals surface area contributed by atoms with Crippen molar-refractivity contribution in [2.45, 2.75) is 6.42 Å². The molecule has 2 heterocycles. The molecule has 0 spiro atoms. The van der Waals surface area contributed by atoms with Gasteiger partial charge in [-0.2, -0.15) is 0 Å². The molecule has 3 aromatic carbocycles. The number of benzene rings is 3. The number of rotatable bonds is 5. The molecule has 0 saturated heterocycles. The molecule has 0 unspecified atom stereocenters. The molecule has 31 heavy (non-hydrogen) atoms. The molecule has 0 atom stereocenters. The van der Waals surface area contributed by atoms with Gasteiger partial charge in [0.05, 0.1) is 13.4 Å². The molecule has 0 amide bonds. The van der Waals surface area contributed by atoms with Gasteiger partial charge in [-0.15, -0.1) is 6.58 Å². The fourth-order valence-electron chi connectivity index (χ4n) is 4.04. The highest BCUT2D eigenvalue weighted by Gasteiger charge is 2.19. The topological polar surface area (TPSA) is 52.6 Å². The van der Waals surface area contributed by atoms with Gasteiger partial charge in [0.2, 0.25) is 0 Å². The number of methoxy groups -OCH3 is 1. The summed E-state index contributed by atoms with van der Waals surface area (Å²) in [5, 5.41) is 1.83. The van der Waals surface area contributed by atoms with E-state index in [2.05, 4.69) is 6.58 Å². The van der Waals surface area contributed by atoms with Crippen LogP contribution >= 0.6 is 0 Å². The van der Waals surface area contributed by atoms with E-state index in [4.69, 9.17) is 13.6 Å². The molecule has 0 bridgehead atoms. The van der Waals surface area contributed by atoms with Crippen LogP contribution in [0.25, 0.3) is 44.2 Å². The fourth-order valence-corrected chi connectivity index (χ4v) is 4.04. The van der Waals surface area contributed by atoms with Crippen LogP contribution < -0.4 is 10.4 Å². The van der Waals surface area contributed by atoms with Gasteiger partial charge < -0.3 is 13.6 Å². The highest BCUT2D eigenvalue weighted by Crippen LogP contribution is 2.39. The molecule has 5 rings (SSSR count). The van der Waals surface area contributed by atoms with Crippen LogP contribution in [0.3, 0.4) is 0 Å². The van der Waals surface area contributed by atoms with Crippen LogP contribution in [0.2, 0.25) is 0 Å². The Morgan fingerprint density at radius 1 is 0.903 bits per heavy atom. The van der Waals surface area contributed by atoms with Crippen molar-refractivity contribution >= 4 is 21.9 Å². The van der Waals surface area contributed by atoms with Crippen molar-refractivity contribution in [3.05, 3.63) is 102 Å². The predicted molar refractivity (Wildman–Crippen MR) is 124 cm³/mol. The number of hydrogen-bond donors (Lipinski definition) is 0. The molecule has 4 nitrogen and oxygen atoms in total. The summed E-state index contributed by atoms with van der Waals surface area (Å²) >= 11 is 0. The molecule has 0 N–H and O–H groups in total. The molecule has 0 fully saturated rings. The third kappa shape index (κ3) is 3.22. The SMILES string of the molecule is C=CCc1c2occ(-c3ccc(OC)cc3)c2cc2c(-c3ccccc3)cc(=O)oc12. The maximum absolute atomic E-state index is 12.4. The molecule has 0 aliphatic heterocycles. The van der Waals surface area contributed by atoms with Gasteiger partial charge in [-0.3, -0.25) is 0 Å². The van der Waals surface area contributed by atoms with Crippen LogP contribution in [-0.2, 0) is 6.42 Å². The largest absolute Gasteiger partial charge is 0.497 e. The van der Waals surface area contributed by atoms with Crippen molar-refractivity contribution < 1.29 is 13.6 Å². The van der Waals surface area contributed by atoms with E-state index in [1.807, 2.05) is 60.7 Å². The quantitative estimate of drug-likeness (QED) is 0.242. The summed E-state index contributed by atoms with van der Waals surface area (Å²) in [6.45, 7) is 3.88. The number of furan rings is 1. The smallest absolute Gasteiger partial charge is 0.336 e. The third-order valence-electron chi connectivity index (χ3n) is 5.50. The molecule has 0 radical (unpaired) electrons. The van der Waals surface area contributed by atoms with E-state index >= 15 is 0 Å². The molecule has 4 heteroatoms. The average Bonchev–Trinajstić information content (AvgIpc) is 3.23. The summed E-state index contributed by atoms with van der Waals surface area (Å²) in [7, 11) is 1.65. The molecular formula is C27H20O4. The summed E-state index contributed by atoms with van der Waals surface area (Å²) in [6.07, 6.45) is 4.06. The molecule has 0 saturated carbocycles. The van der Waals surface area contributed by atoms with Crippen LogP contribution in [-0.4, -0.2) is 7.11 Å². The maximum atomic E-state index is 12.4. The molecule has 2 aromatic heterocycles. The van der Waals surface area contributed by atoms with Gasteiger partial charge in [0.15, 0.2) is 0 Å². The van der Waals surface area contributed by atoms with Gasteiger partial charge in [-0.1, -0.05) is 48.5 Å². The van der Waals surface area contributed by atoms with Gasteiger partial charge in [0.25, 0.3) is 0 Å². The van der Waals surface area contributed by atoms with Crippen molar-refractivity contribution in [3.8, 4) is 28.0 Å². The first kappa shape index (κ1) is 18.9. The second kappa shape index (κ2) is 7.65. The summed E-state index contributed by atoms with van der Waals surface area (Å²) in [5.74, 6) is 0.794. The van der Waals surface area contributed by atoms with E-state index in [0.29, 0.717) is 17.6 Å². The van der Waals surface area contributed by atoms with Crippen LogP contribution in [0.5, 0.6) is 5.75 Å². The van der Waals surface area contributed by atoms with Gasteiger partial charge in [0.1, 0.15) is 16.9 Å². The number of ether oxygens (including phenoxy) is 1. The molecule has 5 aromatic rings. The van der Waals surface area contributed by atoms with Crippen LogP contribution in [0.1, 0.15) is 5.56 Å². The van der Waals surface area contributed by atoms with E-state index in [1.54, 1.807) is 25.5 Å². The molecule has 0 aliphatic rings. The maximum Gasteiger partial charge on any atom is 0.336 e. The van der Waals surface area contributed by atoms with E-state index in [-0.39, 0.29) is 0 Å². The molecular weight excluding hydrogens is 388 g/mol. The normalized spacial score (nSPS) is 11.1. The van der Waals surface area contributed by atoms with Crippen LogP contribution in [0.4, 0.5) is 0 Å². The van der Waals surface area contributed by atoms with Crippen molar-refractivity contribution in [2.75, 3.05) is 7.11 Å². The Kier molecular flexibility index (Phi) is 4.68. The van der Waals surface area contributed by atoms with Gasteiger partial charge >= 0.3 is 5.63 Å². The number of fused-ring (bicyclic) bond motifs is 2. The highest BCUT2D eigenvalue weighted by atomic mass is 16.5. The van der Waals surface area contributed by atoms with Gasteiger partial charge in [0, 0.05) is 28.0 Å². The average molecular weight is 408 g/mol. The van der Waals surface area contributed by atoms with E-state index in [9.17, 15) is 4.79 Å².